The molecule has 0 radical (unpaired) electrons. The maximum absolute atomic E-state index is 5.65. The number of benzene rings is 1. The molecular formula is C16H21N3. The Morgan fingerprint density at radius 1 is 1.26 bits per heavy atom. The van der Waals surface area contributed by atoms with Crippen LogP contribution in [0.5, 0.6) is 0 Å². The maximum Gasteiger partial charge on any atom is 0.110 e. The molecule has 3 aliphatic heterocycles. The fraction of sp³-hybridized carbons (Fsp3) is 0.500. The Morgan fingerprint density at radius 3 is 2.89 bits per heavy atom. The standard InChI is InChI=1S/C16H21N3/c17-8-2-4-12-3-1-5-13-14-11-6-9-19(10-7-11)16(14)18-15(12)13/h1,3,5,11,18H,2,4,6-10,17H2. The third-order valence-corrected chi connectivity index (χ3v) is 4.81. The lowest BCUT2D eigenvalue weighted by molar-refractivity contribution is 0.475. The number of aromatic amines is 1. The van der Waals surface area contributed by atoms with Crippen molar-refractivity contribution in [3.8, 4) is 0 Å². The summed E-state index contributed by atoms with van der Waals surface area (Å²) in [6, 6.07) is 6.75. The number of fused-ring (bicyclic) bond motifs is 3. The molecule has 1 saturated heterocycles. The van der Waals surface area contributed by atoms with Gasteiger partial charge in [-0.1, -0.05) is 18.2 Å². The molecule has 4 heterocycles. The monoisotopic (exact) mass is 255 g/mol. The van der Waals surface area contributed by atoms with Crippen molar-refractivity contribution in [3.05, 3.63) is 29.3 Å². The van der Waals surface area contributed by atoms with Crippen LogP contribution in [0.1, 0.15) is 36.3 Å². The first-order valence-electron chi connectivity index (χ1n) is 7.47. The Kier molecular flexibility index (Phi) is 2.55. The largest absolute Gasteiger partial charge is 0.358 e. The van der Waals surface area contributed by atoms with Crippen LogP contribution in [0, 0.1) is 0 Å². The predicted molar refractivity (Wildman–Crippen MR) is 79.9 cm³/mol. The van der Waals surface area contributed by atoms with Crippen LogP contribution < -0.4 is 10.6 Å². The van der Waals surface area contributed by atoms with Crippen molar-refractivity contribution in [2.75, 3.05) is 24.5 Å². The molecule has 1 aromatic heterocycles. The Bertz CT molecular complexity index is 606. The number of anilines is 1. The number of para-hydroxylation sites is 1. The maximum atomic E-state index is 5.65. The summed E-state index contributed by atoms with van der Waals surface area (Å²) < 4.78 is 0. The molecule has 0 amide bonds. The Labute approximate surface area is 113 Å². The number of rotatable bonds is 3. The zero-order valence-corrected chi connectivity index (χ0v) is 11.3. The summed E-state index contributed by atoms with van der Waals surface area (Å²) in [6.07, 6.45) is 4.80. The number of hydrogen-bond acceptors (Lipinski definition) is 2. The normalized spacial score (nSPS) is 18.3. The number of nitrogens with zero attached hydrogens (tertiary/aromatic N) is 1. The van der Waals surface area contributed by atoms with Crippen LogP contribution in [-0.4, -0.2) is 24.6 Å². The number of nitrogens with one attached hydrogen (secondary N) is 1. The summed E-state index contributed by atoms with van der Waals surface area (Å²) >= 11 is 0. The summed E-state index contributed by atoms with van der Waals surface area (Å²) in [5.41, 5.74) is 10.0. The molecular weight excluding hydrogens is 234 g/mol. The number of H-pyrrole nitrogens is 1. The first kappa shape index (κ1) is 11.4. The van der Waals surface area contributed by atoms with E-state index in [-0.39, 0.29) is 0 Å². The van der Waals surface area contributed by atoms with Gasteiger partial charge in [-0.25, -0.2) is 0 Å². The highest BCUT2D eigenvalue weighted by molar-refractivity contribution is 5.92. The molecule has 1 aromatic carbocycles. The van der Waals surface area contributed by atoms with Gasteiger partial charge in [-0.15, -0.1) is 0 Å². The zero-order valence-electron chi connectivity index (χ0n) is 11.3. The van der Waals surface area contributed by atoms with E-state index in [0.717, 1.165) is 25.3 Å². The third kappa shape index (κ3) is 1.61. The fourth-order valence-corrected chi connectivity index (χ4v) is 3.84. The smallest absolute Gasteiger partial charge is 0.110 e. The highest BCUT2D eigenvalue weighted by Crippen LogP contribution is 2.46. The SMILES string of the molecule is NCCCc1cccc2c3c([nH]c12)N1CCC3CC1. The molecule has 2 aromatic rings. The van der Waals surface area contributed by atoms with E-state index < -0.39 is 0 Å². The summed E-state index contributed by atoms with van der Waals surface area (Å²) in [4.78, 5) is 6.24. The van der Waals surface area contributed by atoms with Gasteiger partial charge in [0.1, 0.15) is 5.82 Å². The van der Waals surface area contributed by atoms with Gasteiger partial charge in [0.05, 0.1) is 5.52 Å². The molecule has 1 fully saturated rings. The van der Waals surface area contributed by atoms with Crippen LogP contribution in [0.15, 0.2) is 18.2 Å². The van der Waals surface area contributed by atoms with Crippen LogP contribution in [-0.2, 0) is 6.42 Å². The Balaban J connectivity index is 1.88. The molecule has 0 atom stereocenters. The van der Waals surface area contributed by atoms with Crippen molar-refractivity contribution in [2.24, 2.45) is 5.73 Å². The van der Waals surface area contributed by atoms with Gasteiger partial charge in [0, 0.05) is 24.0 Å². The van der Waals surface area contributed by atoms with Crippen LogP contribution in [0.25, 0.3) is 10.9 Å². The van der Waals surface area contributed by atoms with E-state index in [9.17, 15) is 0 Å². The van der Waals surface area contributed by atoms with Gasteiger partial charge < -0.3 is 15.6 Å². The summed E-state index contributed by atoms with van der Waals surface area (Å²) in [6.45, 7) is 3.22. The number of piperidine rings is 1. The van der Waals surface area contributed by atoms with Crippen LogP contribution in [0.3, 0.4) is 0 Å². The van der Waals surface area contributed by atoms with Gasteiger partial charge in [-0.2, -0.15) is 0 Å². The Hall–Kier alpha value is -1.48. The van der Waals surface area contributed by atoms with E-state index in [4.69, 9.17) is 5.73 Å². The topological polar surface area (TPSA) is 45.1 Å². The van der Waals surface area contributed by atoms with Gasteiger partial charge in [0.25, 0.3) is 0 Å². The first-order valence-corrected chi connectivity index (χ1v) is 7.47. The van der Waals surface area contributed by atoms with E-state index in [1.165, 1.54) is 48.2 Å². The molecule has 3 heteroatoms. The highest BCUT2D eigenvalue weighted by Gasteiger charge is 2.33. The van der Waals surface area contributed by atoms with Gasteiger partial charge in [0.2, 0.25) is 0 Å². The molecule has 0 aliphatic carbocycles. The van der Waals surface area contributed by atoms with Crippen molar-refractivity contribution < 1.29 is 0 Å². The molecule has 0 spiro atoms. The zero-order chi connectivity index (χ0) is 12.8. The number of aryl methyl sites for hydroxylation is 1. The second kappa shape index (κ2) is 4.27. The lowest BCUT2D eigenvalue weighted by Crippen LogP contribution is -2.38. The average molecular weight is 255 g/mol. The van der Waals surface area contributed by atoms with Crippen molar-refractivity contribution in [2.45, 2.75) is 31.6 Å². The molecule has 0 unspecified atom stereocenters. The summed E-state index contributed by atoms with van der Waals surface area (Å²) in [5.74, 6) is 2.18. The van der Waals surface area contributed by atoms with Gasteiger partial charge >= 0.3 is 0 Å². The van der Waals surface area contributed by atoms with E-state index in [1.807, 2.05) is 0 Å². The molecule has 100 valence electrons. The van der Waals surface area contributed by atoms with E-state index >= 15 is 0 Å². The van der Waals surface area contributed by atoms with Crippen molar-refractivity contribution in [1.29, 1.82) is 0 Å². The minimum atomic E-state index is 0.769. The lowest BCUT2D eigenvalue weighted by Gasteiger charge is -2.40. The Morgan fingerprint density at radius 2 is 2.11 bits per heavy atom. The van der Waals surface area contributed by atoms with Crippen molar-refractivity contribution in [1.82, 2.24) is 4.98 Å². The number of aromatic nitrogens is 1. The van der Waals surface area contributed by atoms with E-state index in [1.54, 1.807) is 5.56 Å². The van der Waals surface area contributed by atoms with E-state index in [2.05, 4.69) is 28.1 Å². The minimum Gasteiger partial charge on any atom is -0.358 e. The number of nitrogens with two attached hydrogens (primary N) is 1. The first-order chi connectivity index (χ1) is 9.38. The predicted octanol–water partition coefficient (Wildman–Crippen LogP) is 2.76. The van der Waals surface area contributed by atoms with Crippen molar-refractivity contribution in [3.63, 3.8) is 0 Å². The second-order valence-corrected chi connectivity index (χ2v) is 5.88. The molecule has 2 bridgehead atoms. The summed E-state index contributed by atoms with van der Waals surface area (Å²) in [5, 5.41) is 1.46. The third-order valence-electron chi connectivity index (χ3n) is 4.81. The quantitative estimate of drug-likeness (QED) is 0.885. The lowest BCUT2D eigenvalue weighted by atomic mass is 9.84. The van der Waals surface area contributed by atoms with Crippen LogP contribution >= 0.6 is 0 Å². The second-order valence-electron chi connectivity index (χ2n) is 5.88. The number of hydrogen-bond donors (Lipinski definition) is 2. The minimum absolute atomic E-state index is 0.769. The van der Waals surface area contributed by atoms with Gasteiger partial charge in [-0.05, 0) is 43.7 Å². The van der Waals surface area contributed by atoms with E-state index in [0.29, 0.717) is 0 Å². The van der Waals surface area contributed by atoms with Gasteiger partial charge in [-0.3, -0.25) is 0 Å². The van der Waals surface area contributed by atoms with Crippen molar-refractivity contribution >= 4 is 16.7 Å². The fourth-order valence-electron chi connectivity index (χ4n) is 3.84. The molecule has 19 heavy (non-hydrogen) atoms. The molecule has 3 nitrogen and oxygen atoms in total. The molecule has 3 N–H and O–H groups in total. The average Bonchev–Trinajstić information content (AvgIpc) is 2.88. The van der Waals surface area contributed by atoms with Crippen LogP contribution in [0.2, 0.25) is 0 Å². The molecule has 3 aliphatic rings. The highest BCUT2D eigenvalue weighted by atomic mass is 15.2. The molecule has 5 rings (SSSR count). The van der Waals surface area contributed by atoms with Gasteiger partial charge in [0.15, 0.2) is 0 Å². The summed E-state index contributed by atoms with van der Waals surface area (Å²) in [7, 11) is 0. The molecule has 0 saturated carbocycles. The van der Waals surface area contributed by atoms with Crippen LogP contribution in [0.4, 0.5) is 5.82 Å².